The van der Waals surface area contributed by atoms with Crippen LogP contribution in [0.15, 0.2) is 0 Å². The van der Waals surface area contributed by atoms with E-state index in [9.17, 15) is 20.4 Å². The standard InChI is InChI=1S/C15H28O2.C14H26O2/c1-15(2,11-3-7-13(16)8-4-11)12-5-9-14(17)10-6-12;1-10(11-2-6-13(15)7-3-11)12-4-8-14(16)9-5-12/h11-14,16-17H,3-10H2,1-2H3;10-16H,2-9H2,1H3. The van der Waals surface area contributed by atoms with Crippen LogP contribution < -0.4 is 0 Å². The van der Waals surface area contributed by atoms with E-state index in [-0.39, 0.29) is 24.4 Å². The molecule has 0 aromatic heterocycles. The maximum atomic E-state index is 9.60. The number of aliphatic hydroxyl groups is 4. The van der Waals surface area contributed by atoms with Crippen LogP contribution >= 0.6 is 0 Å². The van der Waals surface area contributed by atoms with Crippen molar-refractivity contribution < 1.29 is 20.4 Å². The summed E-state index contributed by atoms with van der Waals surface area (Å²) in [5.74, 6) is 3.98. The van der Waals surface area contributed by atoms with Crippen LogP contribution in [0.25, 0.3) is 0 Å². The van der Waals surface area contributed by atoms with Crippen molar-refractivity contribution >= 4 is 0 Å². The van der Waals surface area contributed by atoms with Crippen molar-refractivity contribution in [3.8, 4) is 0 Å². The van der Waals surface area contributed by atoms with E-state index in [4.69, 9.17) is 0 Å². The first kappa shape index (κ1) is 27.4. The molecule has 0 aromatic rings. The van der Waals surface area contributed by atoms with Crippen molar-refractivity contribution in [2.45, 2.75) is 148 Å². The average Bonchev–Trinajstić information content (AvgIpc) is 2.81. The minimum atomic E-state index is -0.0461. The van der Waals surface area contributed by atoms with Crippen molar-refractivity contribution in [2.75, 3.05) is 0 Å². The third-order valence-electron chi connectivity index (χ3n) is 10.5. The summed E-state index contributed by atoms with van der Waals surface area (Å²) < 4.78 is 0. The normalized spacial score (nSPS) is 41.5. The summed E-state index contributed by atoms with van der Waals surface area (Å²) in [5.41, 5.74) is 0.389. The number of rotatable bonds is 4. The first-order chi connectivity index (χ1) is 15.7. The fraction of sp³-hybridized carbons (Fsp3) is 1.00. The van der Waals surface area contributed by atoms with Gasteiger partial charge in [0.15, 0.2) is 0 Å². The topological polar surface area (TPSA) is 80.9 Å². The van der Waals surface area contributed by atoms with E-state index in [1.54, 1.807) is 0 Å². The highest BCUT2D eigenvalue weighted by molar-refractivity contribution is 4.90. The second-order valence-corrected chi connectivity index (χ2v) is 12.8. The maximum Gasteiger partial charge on any atom is 0.0540 e. The SMILES string of the molecule is CC(C)(C1CCC(O)CC1)C1CCC(O)CC1.CC(C1CCC(O)CC1)C1CCC(O)CC1. The molecule has 0 atom stereocenters. The van der Waals surface area contributed by atoms with Gasteiger partial charge in [0, 0.05) is 0 Å². The molecule has 4 fully saturated rings. The minimum absolute atomic E-state index is 0.0309. The van der Waals surface area contributed by atoms with Gasteiger partial charge >= 0.3 is 0 Å². The summed E-state index contributed by atoms with van der Waals surface area (Å²) in [4.78, 5) is 0. The summed E-state index contributed by atoms with van der Waals surface area (Å²) in [6.45, 7) is 7.22. The lowest BCUT2D eigenvalue weighted by molar-refractivity contribution is 0.00233. The third-order valence-corrected chi connectivity index (χ3v) is 10.5. The summed E-state index contributed by atoms with van der Waals surface area (Å²) in [6, 6.07) is 0. The molecule has 0 aromatic carbocycles. The molecule has 4 heteroatoms. The van der Waals surface area contributed by atoms with Crippen LogP contribution in [0.4, 0.5) is 0 Å². The Kier molecular flexibility index (Phi) is 10.6. The lowest BCUT2D eigenvalue weighted by Gasteiger charge is -2.46. The van der Waals surface area contributed by atoms with Gasteiger partial charge in [0.05, 0.1) is 24.4 Å². The van der Waals surface area contributed by atoms with Crippen LogP contribution in [0.1, 0.15) is 124 Å². The molecule has 4 N–H and O–H groups in total. The van der Waals surface area contributed by atoms with Crippen LogP contribution in [-0.2, 0) is 0 Å². The smallest absolute Gasteiger partial charge is 0.0540 e. The molecule has 4 nitrogen and oxygen atoms in total. The Morgan fingerprint density at radius 1 is 0.455 bits per heavy atom. The molecule has 0 unspecified atom stereocenters. The van der Waals surface area contributed by atoms with E-state index < -0.39 is 0 Å². The molecule has 0 spiro atoms. The van der Waals surface area contributed by atoms with Gasteiger partial charge < -0.3 is 20.4 Å². The number of hydrogen-bond acceptors (Lipinski definition) is 4. The number of aliphatic hydroxyl groups excluding tert-OH is 4. The Hall–Kier alpha value is -0.160. The molecule has 194 valence electrons. The molecule has 4 rings (SSSR count). The minimum Gasteiger partial charge on any atom is -0.393 e. The zero-order chi connectivity index (χ0) is 24.0. The van der Waals surface area contributed by atoms with Gasteiger partial charge in [-0.15, -0.1) is 0 Å². The number of hydrogen-bond donors (Lipinski definition) is 4. The highest BCUT2D eigenvalue weighted by Gasteiger charge is 2.40. The van der Waals surface area contributed by atoms with Gasteiger partial charge in [-0.25, -0.2) is 0 Å². The van der Waals surface area contributed by atoms with Crippen molar-refractivity contribution in [3.63, 3.8) is 0 Å². The molecule has 33 heavy (non-hydrogen) atoms. The first-order valence-corrected chi connectivity index (χ1v) is 14.4. The summed E-state index contributed by atoms with van der Waals surface area (Å²) >= 11 is 0. The van der Waals surface area contributed by atoms with E-state index in [0.717, 1.165) is 81.0 Å². The Labute approximate surface area is 203 Å². The highest BCUT2D eigenvalue weighted by Crippen LogP contribution is 2.48. The summed E-state index contributed by atoms with van der Waals surface area (Å²) in [7, 11) is 0. The van der Waals surface area contributed by atoms with Crippen LogP contribution in [0.2, 0.25) is 0 Å². The third kappa shape index (κ3) is 7.92. The van der Waals surface area contributed by atoms with E-state index in [1.165, 1.54) is 51.4 Å². The first-order valence-electron chi connectivity index (χ1n) is 14.4. The molecule has 4 aliphatic rings. The fourth-order valence-corrected chi connectivity index (χ4v) is 7.61. The average molecular weight is 467 g/mol. The fourth-order valence-electron chi connectivity index (χ4n) is 7.61. The molecule has 4 aliphatic carbocycles. The van der Waals surface area contributed by atoms with Gasteiger partial charge in [0.25, 0.3) is 0 Å². The van der Waals surface area contributed by atoms with Gasteiger partial charge in [-0.3, -0.25) is 0 Å². The van der Waals surface area contributed by atoms with Crippen molar-refractivity contribution in [3.05, 3.63) is 0 Å². The molecular formula is C29H54O4. The van der Waals surface area contributed by atoms with Gasteiger partial charge in [0.1, 0.15) is 0 Å². The van der Waals surface area contributed by atoms with E-state index in [1.807, 2.05) is 0 Å². The van der Waals surface area contributed by atoms with Crippen molar-refractivity contribution in [1.82, 2.24) is 0 Å². The Morgan fingerprint density at radius 2 is 0.697 bits per heavy atom. The second-order valence-electron chi connectivity index (χ2n) is 12.8. The summed E-state index contributed by atoms with van der Waals surface area (Å²) in [6.07, 6.45) is 17.4. The van der Waals surface area contributed by atoms with E-state index >= 15 is 0 Å². The molecule has 0 bridgehead atoms. The van der Waals surface area contributed by atoms with E-state index in [2.05, 4.69) is 20.8 Å². The Balaban J connectivity index is 0.000000186. The molecule has 0 radical (unpaired) electrons. The molecule has 0 amide bonds. The van der Waals surface area contributed by atoms with Crippen LogP contribution in [0.3, 0.4) is 0 Å². The summed E-state index contributed by atoms with van der Waals surface area (Å²) in [5, 5.41) is 38.3. The van der Waals surface area contributed by atoms with Crippen LogP contribution in [0.5, 0.6) is 0 Å². The van der Waals surface area contributed by atoms with Gasteiger partial charge in [-0.2, -0.15) is 0 Å². The van der Waals surface area contributed by atoms with Crippen molar-refractivity contribution in [1.29, 1.82) is 0 Å². The quantitative estimate of drug-likeness (QED) is 0.420. The monoisotopic (exact) mass is 466 g/mol. The predicted molar refractivity (Wildman–Crippen MR) is 135 cm³/mol. The lowest BCUT2D eigenvalue weighted by atomic mass is 9.60. The van der Waals surface area contributed by atoms with Gasteiger partial charge in [0.2, 0.25) is 0 Å². The molecule has 0 saturated heterocycles. The van der Waals surface area contributed by atoms with Gasteiger partial charge in [-0.05, 0) is 138 Å². The van der Waals surface area contributed by atoms with Crippen molar-refractivity contribution in [2.24, 2.45) is 35.0 Å². The highest BCUT2D eigenvalue weighted by atomic mass is 16.3. The zero-order valence-corrected chi connectivity index (χ0v) is 21.8. The Bertz CT molecular complexity index is 486. The van der Waals surface area contributed by atoms with Crippen LogP contribution in [0, 0.1) is 35.0 Å². The van der Waals surface area contributed by atoms with Crippen LogP contribution in [-0.4, -0.2) is 44.8 Å². The molecule has 0 aliphatic heterocycles. The van der Waals surface area contributed by atoms with E-state index in [0.29, 0.717) is 5.41 Å². The molecule has 0 heterocycles. The largest absolute Gasteiger partial charge is 0.393 e. The zero-order valence-electron chi connectivity index (χ0n) is 21.8. The second kappa shape index (κ2) is 12.7. The predicted octanol–water partition coefficient (Wildman–Crippen LogP) is 5.84. The van der Waals surface area contributed by atoms with Gasteiger partial charge in [-0.1, -0.05) is 20.8 Å². The molecular weight excluding hydrogens is 412 g/mol. The molecule has 4 saturated carbocycles. The lowest BCUT2D eigenvalue weighted by Crippen LogP contribution is -2.38. The Morgan fingerprint density at radius 3 is 0.970 bits per heavy atom. The maximum absolute atomic E-state index is 9.60.